The molecule has 2 N–H and O–H groups in total. The molecule has 1 aromatic carbocycles. The molecule has 0 saturated heterocycles. The van der Waals surface area contributed by atoms with Gasteiger partial charge in [0.2, 0.25) is 0 Å². The zero-order valence-corrected chi connectivity index (χ0v) is 12.2. The van der Waals surface area contributed by atoms with E-state index in [1.54, 1.807) is 0 Å². The maximum absolute atomic E-state index is 6.87. The van der Waals surface area contributed by atoms with Gasteiger partial charge < -0.3 is 5.73 Å². The van der Waals surface area contributed by atoms with Crippen molar-refractivity contribution < 1.29 is 0 Å². The van der Waals surface area contributed by atoms with Gasteiger partial charge >= 0.3 is 0 Å². The summed E-state index contributed by atoms with van der Waals surface area (Å²) in [4.78, 5) is 0. The molecule has 19 heavy (non-hydrogen) atoms. The summed E-state index contributed by atoms with van der Waals surface area (Å²) in [5.74, 6) is 1.68. The van der Waals surface area contributed by atoms with Gasteiger partial charge in [-0.2, -0.15) is 0 Å². The first-order chi connectivity index (χ1) is 9.21. The fraction of sp³-hybridized carbons (Fsp3) is 0.667. The van der Waals surface area contributed by atoms with E-state index in [1.807, 2.05) is 0 Å². The molecule has 0 bridgehead atoms. The average molecular weight is 257 g/mol. The minimum Gasteiger partial charge on any atom is -0.325 e. The first-order valence-corrected chi connectivity index (χ1v) is 8.07. The molecule has 2 aliphatic carbocycles. The number of nitrogens with two attached hydrogens (primary N) is 1. The Balaban J connectivity index is 1.77. The summed E-state index contributed by atoms with van der Waals surface area (Å²) in [6, 6.07) is 8.90. The van der Waals surface area contributed by atoms with Gasteiger partial charge in [-0.15, -0.1) is 0 Å². The Bertz CT molecular complexity index is 439. The Morgan fingerprint density at radius 1 is 1.21 bits per heavy atom. The molecule has 3 unspecified atom stereocenters. The van der Waals surface area contributed by atoms with E-state index in [4.69, 9.17) is 5.73 Å². The van der Waals surface area contributed by atoms with Gasteiger partial charge in [0.1, 0.15) is 0 Å². The number of rotatable bonds is 2. The van der Waals surface area contributed by atoms with Crippen molar-refractivity contribution in [2.75, 3.05) is 0 Å². The third kappa shape index (κ3) is 2.58. The molecule has 1 nitrogen and oxygen atoms in total. The third-order valence-electron chi connectivity index (χ3n) is 5.67. The van der Waals surface area contributed by atoms with Crippen molar-refractivity contribution in [3.05, 3.63) is 35.4 Å². The van der Waals surface area contributed by atoms with Crippen LogP contribution in [0.1, 0.15) is 56.6 Å². The van der Waals surface area contributed by atoms with Crippen LogP contribution in [0, 0.1) is 11.8 Å². The van der Waals surface area contributed by atoms with E-state index in [2.05, 4.69) is 31.2 Å². The van der Waals surface area contributed by atoms with Crippen LogP contribution in [0.4, 0.5) is 0 Å². The molecule has 1 fully saturated rings. The van der Waals surface area contributed by atoms with Crippen LogP contribution >= 0.6 is 0 Å². The Kier molecular flexibility index (Phi) is 3.66. The number of fused-ring (bicyclic) bond motifs is 1. The van der Waals surface area contributed by atoms with Crippen LogP contribution < -0.4 is 5.73 Å². The lowest BCUT2D eigenvalue weighted by atomic mass is 9.64. The van der Waals surface area contributed by atoms with Crippen molar-refractivity contribution in [1.82, 2.24) is 0 Å². The second-order valence-electron chi connectivity index (χ2n) is 6.82. The molecule has 1 aromatic rings. The second kappa shape index (κ2) is 5.28. The summed E-state index contributed by atoms with van der Waals surface area (Å²) >= 11 is 0. The Hall–Kier alpha value is -0.820. The summed E-state index contributed by atoms with van der Waals surface area (Å²) in [5, 5.41) is 0. The highest BCUT2D eigenvalue weighted by Crippen LogP contribution is 2.41. The van der Waals surface area contributed by atoms with Crippen LogP contribution in [0.15, 0.2) is 24.3 Å². The van der Waals surface area contributed by atoms with Crippen LogP contribution in [-0.4, -0.2) is 5.54 Å². The minimum atomic E-state index is 0.0716. The van der Waals surface area contributed by atoms with Crippen LogP contribution in [0.5, 0.6) is 0 Å². The van der Waals surface area contributed by atoms with E-state index in [0.29, 0.717) is 0 Å². The molecule has 3 atom stereocenters. The first-order valence-electron chi connectivity index (χ1n) is 8.07. The number of hydrogen-bond acceptors (Lipinski definition) is 1. The predicted molar refractivity (Wildman–Crippen MR) is 81.1 cm³/mol. The highest BCUT2D eigenvalue weighted by atomic mass is 14.8. The lowest BCUT2D eigenvalue weighted by Gasteiger charge is -2.45. The molecule has 0 heterocycles. The lowest BCUT2D eigenvalue weighted by molar-refractivity contribution is 0.147. The van der Waals surface area contributed by atoms with Crippen molar-refractivity contribution in [3.63, 3.8) is 0 Å². The van der Waals surface area contributed by atoms with E-state index in [-0.39, 0.29) is 5.54 Å². The quantitative estimate of drug-likeness (QED) is 0.848. The second-order valence-corrected chi connectivity index (χ2v) is 6.82. The molecule has 3 rings (SSSR count). The Labute approximate surface area is 117 Å². The first kappa shape index (κ1) is 13.2. The van der Waals surface area contributed by atoms with Crippen molar-refractivity contribution in [2.24, 2.45) is 17.6 Å². The van der Waals surface area contributed by atoms with Crippen LogP contribution in [0.3, 0.4) is 0 Å². The fourth-order valence-electron chi connectivity index (χ4n) is 4.32. The monoisotopic (exact) mass is 257 g/mol. The van der Waals surface area contributed by atoms with Gasteiger partial charge in [0.05, 0.1) is 0 Å². The van der Waals surface area contributed by atoms with Gasteiger partial charge in [-0.1, -0.05) is 50.5 Å². The van der Waals surface area contributed by atoms with Gasteiger partial charge in [-0.3, -0.25) is 0 Å². The van der Waals surface area contributed by atoms with Crippen LogP contribution in [0.25, 0.3) is 0 Å². The molecule has 1 saturated carbocycles. The molecule has 1 heteroatoms. The zero-order valence-electron chi connectivity index (χ0n) is 12.2. The number of hydrogen-bond donors (Lipinski definition) is 1. The van der Waals surface area contributed by atoms with E-state index >= 15 is 0 Å². The molecule has 0 spiro atoms. The average Bonchev–Trinajstić information content (AvgIpc) is 2.47. The van der Waals surface area contributed by atoms with Crippen molar-refractivity contribution in [3.8, 4) is 0 Å². The molecule has 0 amide bonds. The van der Waals surface area contributed by atoms with Gasteiger partial charge in [0.15, 0.2) is 0 Å². The van der Waals surface area contributed by atoms with E-state index in [9.17, 15) is 0 Å². The van der Waals surface area contributed by atoms with E-state index < -0.39 is 0 Å². The van der Waals surface area contributed by atoms with Crippen LogP contribution in [-0.2, 0) is 12.8 Å². The fourth-order valence-corrected chi connectivity index (χ4v) is 4.32. The molecular formula is C18H27N. The van der Waals surface area contributed by atoms with E-state index in [0.717, 1.165) is 18.3 Å². The largest absolute Gasteiger partial charge is 0.325 e. The predicted octanol–water partition coefficient (Wildman–Crippen LogP) is 4.09. The van der Waals surface area contributed by atoms with Crippen molar-refractivity contribution >= 4 is 0 Å². The standard InChI is InChI=1S/C18H27N/c1-2-14-6-5-9-17(12-14)18(19)11-10-15-7-3-4-8-16(15)13-18/h3-4,7-8,14,17H,2,5-6,9-13,19H2,1H3. The molecule has 2 aliphatic rings. The molecule has 104 valence electrons. The van der Waals surface area contributed by atoms with Gasteiger partial charge in [0.25, 0.3) is 0 Å². The lowest BCUT2D eigenvalue weighted by Crippen LogP contribution is -2.52. The summed E-state index contributed by atoms with van der Waals surface area (Å²) in [7, 11) is 0. The van der Waals surface area contributed by atoms with Gasteiger partial charge in [-0.05, 0) is 55.1 Å². The van der Waals surface area contributed by atoms with Crippen molar-refractivity contribution in [2.45, 2.75) is 63.8 Å². The zero-order chi connectivity index (χ0) is 13.3. The minimum absolute atomic E-state index is 0.0716. The highest BCUT2D eigenvalue weighted by molar-refractivity contribution is 5.32. The molecule has 0 aromatic heterocycles. The topological polar surface area (TPSA) is 26.0 Å². The summed E-state index contributed by atoms with van der Waals surface area (Å²) in [5.41, 5.74) is 9.98. The molecule has 0 radical (unpaired) electrons. The van der Waals surface area contributed by atoms with Crippen molar-refractivity contribution in [1.29, 1.82) is 0 Å². The SMILES string of the molecule is CCC1CCCC(C2(N)CCc3ccccc3C2)C1. The van der Waals surface area contributed by atoms with E-state index in [1.165, 1.54) is 56.1 Å². The highest BCUT2D eigenvalue weighted by Gasteiger charge is 2.39. The van der Waals surface area contributed by atoms with Gasteiger partial charge in [-0.25, -0.2) is 0 Å². The maximum Gasteiger partial charge on any atom is 0.0227 e. The molecule has 0 aliphatic heterocycles. The third-order valence-corrected chi connectivity index (χ3v) is 5.67. The normalized spacial score (nSPS) is 34.8. The summed E-state index contributed by atoms with van der Waals surface area (Å²) < 4.78 is 0. The smallest absolute Gasteiger partial charge is 0.0227 e. The number of aryl methyl sites for hydroxylation is 1. The Morgan fingerprint density at radius 2 is 2.00 bits per heavy atom. The summed E-state index contributed by atoms with van der Waals surface area (Å²) in [6.45, 7) is 2.34. The maximum atomic E-state index is 6.87. The molecular weight excluding hydrogens is 230 g/mol. The Morgan fingerprint density at radius 3 is 2.79 bits per heavy atom. The van der Waals surface area contributed by atoms with Gasteiger partial charge in [0, 0.05) is 5.54 Å². The van der Waals surface area contributed by atoms with Crippen LogP contribution in [0.2, 0.25) is 0 Å². The number of benzene rings is 1. The summed E-state index contributed by atoms with van der Waals surface area (Å²) in [6.07, 6.45) is 10.4.